The van der Waals surface area contributed by atoms with Gasteiger partial charge >= 0.3 is 0 Å². The first-order chi connectivity index (χ1) is 9.72. The fourth-order valence-corrected chi connectivity index (χ4v) is 2.24. The van der Waals surface area contributed by atoms with E-state index in [4.69, 9.17) is 4.74 Å². The molecular formula is C15H20BrN3O. The lowest BCUT2D eigenvalue weighted by Crippen LogP contribution is -2.12. The minimum Gasteiger partial charge on any atom is -0.489 e. The van der Waals surface area contributed by atoms with Crippen molar-refractivity contribution < 1.29 is 4.74 Å². The van der Waals surface area contributed by atoms with Crippen molar-refractivity contribution in [1.82, 2.24) is 15.1 Å². The maximum absolute atomic E-state index is 5.82. The number of halogens is 1. The zero-order valence-electron chi connectivity index (χ0n) is 11.9. The Balaban J connectivity index is 1.98. The molecule has 4 nitrogen and oxygen atoms in total. The number of nitrogens with one attached hydrogen (secondary N) is 1. The fraction of sp³-hybridized carbons (Fsp3) is 0.400. The average molecular weight is 338 g/mol. The van der Waals surface area contributed by atoms with Gasteiger partial charge in [-0.2, -0.15) is 5.10 Å². The Morgan fingerprint density at radius 1 is 1.35 bits per heavy atom. The Kier molecular flexibility index (Phi) is 5.61. The monoisotopic (exact) mass is 337 g/mol. The van der Waals surface area contributed by atoms with Gasteiger partial charge in [-0.1, -0.05) is 22.9 Å². The molecule has 0 unspecified atom stereocenters. The molecule has 0 aliphatic carbocycles. The van der Waals surface area contributed by atoms with Gasteiger partial charge in [0.2, 0.25) is 0 Å². The molecule has 1 aromatic heterocycles. The summed E-state index contributed by atoms with van der Waals surface area (Å²) in [7, 11) is 0. The molecule has 2 rings (SSSR count). The first kappa shape index (κ1) is 15.1. The Hall–Kier alpha value is -1.33. The first-order valence-electron chi connectivity index (χ1n) is 6.86. The largest absolute Gasteiger partial charge is 0.489 e. The zero-order chi connectivity index (χ0) is 14.4. The van der Waals surface area contributed by atoms with E-state index >= 15 is 0 Å². The van der Waals surface area contributed by atoms with Gasteiger partial charge in [0.25, 0.3) is 0 Å². The second-order valence-electron chi connectivity index (χ2n) is 4.53. The molecule has 0 radical (unpaired) electrons. The molecule has 0 atom stereocenters. The van der Waals surface area contributed by atoms with Crippen molar-refractivity contribution >= 4 is 15.9 Å². The summed E-state index contributed by atoms with van der Waals surface area (Å²) in [6, 6.07) is 6.07. The van der Waals surface area contributed by atoms with Crippen molar-refractivity contribution in [2.75, 3.05) is 6.54 Å². The van der Waals surface area contributed by atoms with Crippen LogP contribution in [0.25, 0.3) is 0 Å². The van der Waals surface area contributed by atoms with E-state index in [0.717, 1.165) is 35.4 Å². The van der Waals surface area contributed by atoms with E-state index in [-0.39, 0.29) is 0 Å². The zero-order valence-corrected chi connectivity index (χ0v) is 13.5. The van der Waals surface area contributed by atoms with Crippen LogP contribution >= 0.6 is 15.9 Å². The lowest BCUT2D eigenvalue weighted by atomic mass is 10.2. The van der Waals surface area contributed by atoms with Crippen LogP contribution in [0.3, 0.4) is 0 Å². The normalized spacial score (nSPS) is 10.8. The van der Waals surface area contributed by atoms with Gasteiger partial charge in [-0.05, 0) is 37.2 Å². The van der Waals surface area contributed by atoms with Gasteiger partial charge in [0.15, 0.2) is 0 Å². The van der Waals surface area contributed by atoms with Crippen molar-refractivity contribution in [2.24, 2.45) is 0 Å². The molecule has 0 saturated carbocycles. The summed E-state index contributed by atoms with van der Waals surface area (Å²) in [5, 5.41) is 7.56. The first-order valence-corrected chi connectivity index (χ1v) is 7.65. The molecule has 1 N–H and O–H groups in total. The highest BCUT2D eigenvalue weighted by Gasteiger charge is 2.04. The third kappa shape index (κ3) is 4.08. The maximum atomic E-state index is 5.82. The van der Waals surface area contributed by atoms with E-state index in [0.29, 0.717) is 6.61 Å². The van der Waals surface area contributed by atoms with Crippen LogP contribution in [-0.2, 0) is 19.7 Å². The number of aryl methyl sites for hydroxylation is 1. The second kappa shape index (κ2) is 7.45. The van der Waals surface area contributed by atoms with Crippen molar-refractivity contribution in [3.63, 3.8) is 0 Å². The molecule has 0 saturated heterocycles. The summed E-state index contributed by atoms with van der Waals surface area (Å²) in [5.74, 6) is 0.880. The number of nitrogens with zero attached hydrogens (tertiary/aromatic N) is 2. The molecule has 0 spiro atoms. The molecule has 5 heteroatoms. The van der Waals surface area contributed by atoms with Crippen LogP contribution in [0, 0.1) is 0 Å². The highest BCUT2D eigenvalue weighted by atomic mass is 79.9. The number of rotatable bonds is 7. The number of aromatic nitrogens is 2. The van der Waals surface area contributed by atoms with Gasteiger partial charge in [-0.3, -0.25) is 4.68 Å². The van der Waals surface area contributed by atoms with Crippen molar-refractivity contribution in [3.05, 3.63) is 46.2 Å². The molecule has 20 heavy (non-hydrogen) atoms. The lowest BCUT2D eigenvalue weighted by molar-refractivity contribution is 0.305. The van der Waals surface area contributed by atoms with E-state index in [1.807, 2.05) is 29.2 Å². The molecule has 108 valence electrons. The highest BCUT2D eigenvalue weighted by Crippen LogP contribution is 2.23. The fourth-order valence-electron chi connectivity index (χ4n) is 1.86. The lowest BCUT2D eigenvalue weighted by Gasteiger charge is -2.09. The minimum absolute atomic E-state index is 0.544. The van der Waals surface area contributed by atoms with Crippen LogP contribution in [0.15, 0.2) is 35.1 Å². The van der Waals surface area contributed by atoms with Crippen LogP contribution in [0.4, 0.5) is 0 Å². The number of ether oxygens (including phenoxy) is 1. The van der Waals surface area contributed by atoms with Gasteiger partial charge in [0.05, 0.1) is 6.20 Å². The third-order valence-electron chi connectivity index (χ3n) is 3.00. The number of hydrogen-bond donors (Lipinski definition) is 1. The molecule has 1 aromatic carbocycles. The molecule has 2 aromatic rings. The molecule has 1 heterocycles. The summed E-state index contributed by atoms with van der Waals surface area (Å²) >= 11 is 3.56. The summed E-state index contributed by atoms with van der Waals surface area (Å²) in [6.45, 7) is 7.38. The maximum Gasteiger partial charge on any atom is 0.120 e. The number of hydrogen-bond acceptors (Lipinski definition) is 3. The second-order valence-corrected chi connectivity index (χ2v) is 5.38. The van der Waals surface area contributed by atoms with Gasteiger partial charge in [-0.25, -0.2) is 0 Å². The minimum atomic E-state index is 0.544. The van der Waals surface area contributed by atoms with Gasteiger partial charge in [-0.15, -0.1) is 0 Å². The summed E-state index contributed by atoms with van der Waals surface area (Å²) in [4.78, 5) is 0. The van der Waals surface area contributed by atoms with Crippen molar-refractivity contribution in [3.8, 4) is 5.75 Å². The van der Waals surface area contributed by atoms with Crippen LogP contribution in [0.1, 0.15) is 25.0 Å². The Morgan fingerprint density at radius 3 is 2.90 bits per heavy atom. The summed E-state index contributed by atoms with van der Waals surface area (Å²) in [6.07, 6.45) is 3.86. The molecule has 0 aliphatic rings. The molecular weight excluding hydrogens is 318 g/mol. The van der Waals surface area contributed by atoms with E-state index in [2.05, 4.69) is 46.3 Å². The van der Waals surface area contributed by atoms with E-state index in [1.165, 1.54) is 5.56 Å². The molecule has 0 fully saturated rings. The van der Waals surface area contributed by atoms with Crippen LogP contribution in [0.5, 0.6) is 5.75 Å². The molecule has 0 bridgehead atoms. The van der Waals surface area contributed by atoms with E-state index < -0.39 is 0 Å². The van der Waals surface area contributed by atoms with Crippen LogP contribution in [0.2, 0.25) is 0 Å². The predicted molar refractivity (Wildman–Crippen MR) is 83.8 cm³/mol. The Labute approximate surface area is 128 Å². The molecule has 0 amide bonds. The molecule has 0 aliphatic heterocycles. The Bertz CT molecular complexity index is 554. The average Bonchev–Trinajstić information content (AvgIpc) is 2.93. The SMILES string of the molecule is CCNCc1cc(OCc2cnn(CC)c2)ccc1Br. The van der Waals surface area contributed by atoms with Gasteiger partial charge < -0.3 is 10.1 Å². The topological polar surface area (TPSA) is 39.1 Å². The van der Waals surface area contributed by atoms with Crippen LogP contribution in [-0.4, -0.2) is 16.3 Å². The predicted octanol–water partition coefficient (Wildman–Crippen LogP) is 3.35. The quantitative estimate of drug-likeness (QED) is 0.841. The van der Waals surface area contributed by atoms with E-state index in [1.54, 1.807) is 0 Å². The van der Waals surface area contributed by atoms with Crippen molar-refractivity contribution in [2.45, 2.75) is 33.5 Å². The highest BCUT2D eigenvalue weighted by molar-refractivity contribution is 9.10. The third-order valence-corrected chi connectivity index (χ3v) is 3.77. The standard InChI is InChI=1S/C15H20BrN3O/c1-3-17-9-13-7-14(5-6-15(13)16)20-11-12-8-18-19(4-2)10-12/h5-8,10,17H,3-4,9,11H2,1-2H3. The number of benzene rings is 1. The summed E-state index contributed by atoms with van der Waals surface area (Å²) < 4.78 is 8.82. The smallest absolute Gasteiger partial charge is 0.120 e. The van der Waals surface area contributed by atoms with E-state index in [9.17, 15) is 0 Å². The van der Waals surface area contributed by atoms with Gasteiger partial charge in [0, 0.05) is 29.3 Å². The Morgan fingerprint density at radius 2 is 2.20 bits per heavy atom. The van der Waals surface area contributed by atoms with Crippen LogP contribution < -0.4 is 10.1 Å². The summed E-state index contributed by atoms with van der Waals surface area (Å²) in [5.41, 5.74) is 2.29. The van der Waals surface area contributed by atoms with Crippen molar-refractivity contribution in [1.29, 1.82) is 0 Å². The van der Waals surface area contributed by atoms with Gasteiger partial charge in [0.1, 0.15) is 12.4 Å².